The lowest BCUT2D eigenvalue weighted by atomic mass is 10.1. The molecule has 1 aliphatic heterocycles. The molecule has 92 valence electrons. The molecule has 0 radical (unpaired) electrons. The SMILES string of the molecule is NCC1(C(=O)Nc2ccnn2C2CNC2)CC1. The minimum absolute atomic E-state index is 0.0361. The van der Waals surface area contributed by atoms with Gasteiger partial charge < -0.3 is 16.4 Å². The van der Waals surface area contributed by atoms with Crippen LogP contribution in [0.1, 0.15) is 18.9 Å². The second-order valence-corrected chi connectivity index (χ2v) is 4.91. The number of carbonyl (C=O) groups is 1. The molecule has 1 aromatic rings. The van der Waals surface area contributed by atoms with E-state index >= 15 is 0 Å². The molecule has 1 saturated carbocycles. The highest BCUT2D eigenvalue weighted by Gasteiger charge is 2.48. The topological polar surface area (TPSA) is 85.0 Å². The highest BCUT2D eigenvalue weighted by molar-refractivity contribution is 5.96. The highest BCUT2D eigenvalue weighted by Crippen LogP contribution is 2.45. The van der Waals surface area contributed by atoms with Gasteiger partial charge in [0.25, 0.3) is 0 Å². The smallest absolute Gasteiger partial charge is 0.233 e. The first-order valence-electron chi connectivity index (χ1n) is 6.01. The Morgan fingerprint density at radius 3 is 2.94 bits per heavy atom. The van der Waals surface area contributed by atoms with Gasteiger partial charge in [-0.2, -0.15) is 5.10 Å². The van der Waals surface area contributed by atoms with Crippen molar-refractivity contribution in [3.05, 3.63) is 12.3 Å². The van der Waals surface area contributed by atoms with Gasteiger partial charge in [-0.3, -0.25) is 4.79 Å². The predicted molar refractivity (Wildman–Crippen MR) is 63.5 cm³/mol. The van der Waals surface area contributed by atoms with Crippen molar-refractivity contribution in [1.82, 2.24) is 15.1 Å². The van der Waals surface area contributed by atoms with Crippen molar-refractivity contribution in [2.45, 2.75) is 18.9 Å². The van der Waals surface area contributed by atoms with E-state index in [4.69, 9.17) is 5.73 Å². The van der Waals surface area contributed by atoms with Crippen LogP contribution in [0, 0.1) is 5.41 Å². The lowest BCUT2D eigenvalue weighted by molar-refractivity contribution is -0.120. The zero-order valence-corrected chi connectivity index (χ0v) is 9.65. The second-order valence-electron chi connectivity index (χ2n) is 4.91. The third kappa shape index (κ3) is 1.73. The molecule has 6 nitrogen and oxygen atoms in total. The van der Waals surface area contributed by atoms with E-state index in [1.165, 1.54) is 0 Å². The van der Waals surface area contributed by atoms with Gasteiger partial charge in [-0.15, -0.1) is 0 Å². The molecule has 1 saturated heterocycles. The van der Waals surface area contributed by atoms with E-state index in [9.17, 15) is 4.79 Å². The van der Waals surface area contributed by atoms with Gasteiger partial charge in [-0.25, -0.2) is 4.68 Å². The fourth-order valence-corrected chi connectivity index (χ4v) is 2.07. The van der Waals surface area contributed by atoms with Crippen molar-refractivity contribution in [1.29, 1.82) is 0 Å². The first kappa shape index (κ1) is 10.7. The molecule has 0 atom stereocenters. The van der Waals surface area contributed by atoms with E-state index in [-0.39, 0.29) is 11.3 Å². The first-order valence-corrected chi connectivity index (χ1v) is 6.01. The van der Waals surface area contributed by atoms with Gasteiger partial charge >= 0.3 is 0 Å². The van der Waals surface area contributed by atoms with Crippen LogP contribution in [0.25, 0.3) is 0 Å². The van der Waals surface area contributed by atoms with E-state index in [1.807, 2.05) is 10.7 Å². The Bertz CT molecular complexity index is 433. The number of carbonyl (C=O) groups excluding carboxylic acids is 1. The zero-order chi connectivity index (χ0) is 11.9. The third-order valence-electron chi connectivity index (χ3n) is 3.74. The maximum absolute atomic E-state index is 12.1. The number of nitrogens with zero attached hydrogens (tertiary/aromatic N) is 2. The van der Waals surface area contributed by atoms with Crippen LogP contribution in [0.5, 0.6) is 0 Å². The number of rotatable bonds is 4. The minimum Gasteiger partial charge on any atom is -0.329 e. The Labute approximate surface area is 99.5 Å². The molecule has 17 heavy (non-hydrogen) atoms. The van der Waals surface area contributed by atoms with Gasteiger partial charge in [-0.1, -0.05) is 0 Å². The Balaban J connectivity index is 1.72. The Hall–Kier alpha value is -1.40. The number of anilines is 1. The van der Waals surface area contributed by atoms with Crippen LogP contribution in [-0.2, 0) is 4.79 Å². The Kier molecular flexibility index (Phi) is 2.41. The van der Waals surface area contributed by atoms with E-state index < -0.39 is 0 Å². The van der Waals surface area contributed by atoms with E-state index in [2.05, 4.69) is 15.7 Å². The van der Waals surface area contributed by atoms with Crippen LogP contribution in [0.3, 0.4) is 0 Å². The molecule has 0 unspecified atom stereocenters. The monoisotopic (exact) mass is 235 g/mol. The standard InChI is InChI=1S/C11H17N5O/c12-7-11(2-3-11)10(17)15-9-1-4-14-16(9)8-5-13-6-8/h1,4,8,13H,2-3,5-7,12H2,(H,15,17). The van der Waals surface area contributed by atoms with Crippen LogP contribution in [0.4, 0.5) is 5.82 Å². The maximum Gasteiger partial charge on any atom is 0.233 e. The molecular formula is C11H17N5O. The number of nitrogens with two attached hydrogens (primary N) is 1. The molecule has 1 aromatic heterocycles. The highest BCUT2D eigenvalue weighted by atomic mass is 16.2. The van der Waals surface area contributed by atoms with Crippen LogP contribution < -0.4 is 16.4 Å². The molecule has 0 aromatic carbocycles. The fourth-order valence-electron chi connectivity index (χ4n) is 2.07. The lowest BCUT2D eigenvalue weighted by Crippen LogP contribution is -2.44. The van der Waals surface area contributed by atoms with Gasteiger partial charge in [0.1, 0.15) is 5.82 Å². The van der Waals surface area contributed by atoms with Crippen molar-refractivity contribution in [2.75, 3.05) is 25.0 Å². The molecule has 2 heterocycles. The average Bonchev–Trinajstić information content (AvgIpc) is 2.95. The molecule has 3 rings (SSSR count). The fraction of sp³-hybridized carbons (Fsp3) is 0.636. The predicted octanol–water partition coefficient (Wildman–Crippen LogP) is -0.295. The summed E-state index contributed by atoms with van der Waals surface area (Å²) in [7, 11) is 0. The summed E-state index contributed by atoms with van der Waals surface area (Å²) in [4.78, 5) is 12.1. The summed E-state index contributed by atoms with van der Waals surface area (Å²) in [6.45, 7) is 2.25. The third-order valence-corrected chi connectivity index (χ3v) is 3.74. The average molecular weight is 235 g/mol. The Morgan fingerprint density at radius 1 is 1.65 bits per heavy atom. The first-order chi connectivity index (χ1) is 8.25. The van der Waals surface area contributed by atoms with Crippen LogP contribution in [0.2, 0.25) is 0 Å². The van der Waals surface area contributed by atoms with Gasteiger partial charge in [0.15, 0.2) is 0 Å². The second kappa shape index (κ2) is 3.82. The summed E-state index contributed by atoms with van der Waals surface area (Å²) in [6, 6.07) is 2.19. The normalized spacial score (nSPS) is 21.9. The molecule has 6 heteroatoms. The van der Waals surface area contributed by atoms with Crippen molar-refractivity contribution in [2.24, 2.45) is 11.1 Å². The summed E-state index contributed by atoms with van der Waals surface area (Å²) in [5.74, 6) is 0.815. The quantitative estimate of drug-likeness (QED) is 0.669. The van der Waals surface area contributed by atoms with Gasteiger partial charge in [-0.05, 0) is 12.8 Å². The number of aromatic nitrogens is 2. The van der Waals surface area contributed by atoms with Crippen LogP contribution in [-0.4, -0.2) is 35.3 Å². The number of hydrogen-bond donors (Lipinski definition) is 3. The number of amides is 1. The van der Waals surface area contributed by atoms with Crippen molar-refractivity contribution < 1.29 is 4.79 Å². The van der Waals surface area contributed by atoms with E-state index in [0.717, 1.165) is 31.7 Å². The number of hydrogen-bond acceptors (Lipinski definition) is 4. The molecule has 2 aliphatic rings. The van der Waals surface area contributed by atoms with Gasteiger partial charge in [0.2, 0.25) is 5.91 Å². The molecular weight excluding hydrogens is 218 g/mol. The summed E-state index contributed by atoms with van der Waals surface area (Å²) in [5.41, 5.74) is 5.33. The molecule has 1 amide bonds. The molecule has 0 spiro atoms. The summed E-state index contributed by atoms with van der Waals surface area (Å²) in [5, 5.41) is 10.4. The van der Waals surface area contributed by atoms with Crippen LogP contribution >= 0.6 is 0 Å². The van der Waals surface area contributed by atoms with E-state index in [1.54, 1.807) is 6.20 Å². The van der Waals surface area contributed by atoms with Gasteiger partial charge in [0.05, 0.1) is 17.7 Å². The largest absolute Gasteiger partial charge is 0.329 e. The van der Waals surface area contributed by atoms with E-state index in [0.29, 0.717) is 12.6 Å². The van der Waals surface area contributed by atoms with Crippen molar-refractivity contribution in [3.8, 4) is 0 Å². The summed E-state index contributed by atoms with van der Waals surface area (Å²) >= 11 is 0. The number of nitrogens with one attached hydrogen (secondary N) is 2. The van der Waals surface area contributed by atoms with Crippen molar-refractivity contribution in [3.63, 3.8) is 0 Å². The van der Waals surface area contributed by atoms with Crippen LogP contribution in [0.15, 0.2) is 12.3 Å². The lowest BCUT2D eigenvalue weighted by Gasteiger charge is -2.29. The molecule has 1 aliphatic carbocycles. The summed E-state index contributed by atoms with van der Waals surface area (Å²) in [6.07, 6.45) is 3.51. The summed E-state index contributed by atoms with van der Waals surface area (Å²) < 4.78 is 1.88. The zero-order valence-electron chi connectivity index (χ0n) is 9.65. The van der Waals surface area contributed by atoms with Crippen molar-refractivity contribution >= 4 is 11.7 Å². The molecule has 4 N–H and O–H groups in total. The van der Waals surface area contributed by atoms with Gasteiger partial charge in [0, 0.05) is 25.7 Å². The maximum atomic E-state index is 12.1. The minimum atomic E-state index is -0.313. The molecule has 2 fully saturated rings. The Morgan fingerprint density at radius 2 is 2.41 bits per heavy atom. The molecule has 0 bridgehead atoms.